The van der Waals surface area contributed by atoms with Gasteiger partial charge in [-0.15, -0.1) is 0 Å². The fraction of sp³-hybridized carbons (Fsp3) is 0.667. The van der Waals surface area contributed by atoms with Crippen LogP contribution in [0.4, 0.5) is 4.39 Å². The number of nitrogens with one attached hydrogen (secondary N) is 1. The number of fused-ring (bicyclic) bond motifs is 1. The lowest BCUT2D eigenvalue weighted by Crippen LogP contribution is -2.37. The van der Waals surface area contributed by atoms with Gasteiger partial charge in [0.1, 0.15) is 11.6 Å². The molecule has 0 aromatic carbocycles. The van der Waals surface area contributed by atoms with E-state index in [1.54, 1.807) is 0 Å². The van der Waals surface area contributed by atoms with Gasteiger partial charge in [0, 0.05) is 32.2 Å². The summed E-state index contributed by atoms with van der Waals surface area (Å²) in [5.41, 5.74) is 0.206. The first-order chi connectivity index (χ1) is 13.6. The van der Waals surface area contributed by atoms with Crippen LogP contribution in [-0.4, -0.2) is 45.1 Å². The fourth-order valence-electron chi connectivity index (χ4n) is 4.17. The molecule has 0 amide bonds. The highest BCUT2D eigenvalue weighted by Crippen LogP contribution is 2.32. The van der Waals surface area contributed by atoms with Gasteiger partial charge in [-0.2, -0.15) is 0 Å². The number of halogens is 1. The highest BCUT2D eigenvalue weighted by atomic mass is 19.1. The summed E-state index contributed by atoms with van der Waals surface area (Å²) in [5, 5.41) is 3.83. The average molecular weight is 388 g/mol. The molecule has 1 N–H and O–H groups in total. The highest BCUT2D eigenvalue weighted by Gasteiger charge is 2.30. The van der Waals surface area contributed by atoms with Crippen LogP contribution in [0.3, 0.4) is 0 Å². The average Bonchev–Trinajstić information content (AvgIpc) is 3.51. The number of rotatable bonds is 6. The van der Waals surface area contributed by atoms with Crippen LogP contribution in [0.15, 0.2) is 17.1 Å². The third-order valence-electron chi connectivity index (χ3n) is 5.99. The topological polar surface area (TPSA) is 63.1 Å². The number of hydrogen-bond donors (Lipinski definition) is 1. The molecule has 28 heavy (non-hydrogen) atoms. The molecule has 2 aromatic rings. The first-order valence-corrected chi connectivity index (χ1v) is 10.6. The first-order valence-electron chi connectivity index (χ1n) is 10.6. The van der Waals surface area contributed by atoms with Crippen molar-refractivity contribution in [3.63, 3.8) is 0 Å². The molecule has 152 valence electrons. The Labute approximate surface area is 165 Å². The van der Waals surface area contributed by atoms with Gasteiger partial charge in [0.05, 0.1) is 17.6 Å². The Morgan fingerprint density at radius 2 is 2.14 bits per heavy atom. The Kier molecular flexibility index (Phi) is 5.73. The SMILES string of the molecule is CCC[C@@H](c1nc2ncc(F)cc2c(=O)n1CC1CC1)N1CCN[C@@H](C)CC1. The van der Waals surface area contributed by atoms with Crippen molar-refractivity contribution in [2.45, 2.75) is 64.6 Å². The van der Waals surface area contributed by atoms with Gasteiger partial charge in [-0.05, 0) is 44.6 Å². The fourth-order valence-corrected chi connectivity index (χ4v) is 4.17. The summed E-state index contributed by atoms with van der Waals surface area (Å²) in [6, 6.07) is 1.85. The van der Waals surface area contributed by atoms with Gasteiger partial charge < -0.3 is 5.32 Å². The third kappa shape index (κ3) is 4.10. The van der Waals surface area contributed by atoms with Crippen LogP contribution >= 0.6 is 0 Å². The van der Waals surface area contributed by atoms with Crippen molar-refractivity contribution in [2.75, 3.05) is 19.6 Å². The van der Waals surface area contributed by atoms with Gasteiger partial charge in [0.25, 0.3) is 5.56 Å². The van der Waals surface area contributed by atoms with Crippen LogP contribution in [-0.2, 0) is 6.54 Å². The van der Waals surface area contributed by atoms with E-state index >= 15 is 0 Å². The molecule has 0 spiro atoms. The second-order valence-corrected chi connectivity index (χ2v) is 8.34. The van der Waals surface area contributed by atoms with E-state index in [1.807, 2.05) is 4.57 Å². The van der Waals surface area contributed by atoms with Crippen molar-refractivity contribution < 1.29 is 4.39 Å². The molecule has 1 aliphatic carbocycles. The molecular weight excluding hydrogens is 357 g/mol. The molecule has 1 saturated heterocycles. The predicted molar refractivity (Wildman–Crippen MR) is 108 cm³/mol. The smallest absolute Gasteiger partial charge is 0.263 e. The number of hydrogen-bond acceptors (Lipinski definition) is 5. The molecule has 7 heteroatoms. The maximum absolute atomic E-state index is 13.7. The van der Waals surface area contributed by atoms with Crippen molar-refractivity contribution in [1.29, 1.82) is 0 Å². The lowest BCUT2D eigenvalue weighted by molar-refractivity contribution is 0.183. The van der Waals surface area contributed by atoms with E-state index in [-0.39, 0.29) is 17.0 Å². The zero-order chi connectivity index (χ0) is 19.7. The quantitative estimate of drug-likeness (QED) is 0.826. The molecule has 2 aromatic heterocycles. The van der Waals surface area contributed by atoms with Gasteiger partial charge in [-0.3, -0.25) is 14.3 Å². The van der Waals surface area contributed by atoms with Crippen LogP contribution in [0.25, 0.3) is 11.0 Å². The molecular formula is C21H30FN5O. The molecule has 1 saturated carbocycles. The van der Waals surface area contributed by atoms with Crippen LogP contribution in [0.1, 0.15) is 57.8 Å². The van der Waals surface area contributed by atoms with E-state index in [1.165, 1.54) is 6.07 Å². The first kappa shape index (κ1) is 19.5. The van der Waals surface area contributed by atoms with Crippen LogP contribution in [0.5, 0.6) is 0 Å². The second kappa shape index (κ2) is 8.25. The minimum Gasteiger partial charge on any atom is -0.313 e. The van der Waals surface area contributed by atoms with Crippen LogP contribution < -0.4 is 10.9 Å². The minimum absolute atomic E-state index is 0.0832. The second-order valence-electron chi connectivity index (χ2n) is 8.34. The Morgan fingerprint density at radius 3 is 2.89 bits per heavy atom. The molecule has 1 aliphatic heterocycles. The maximum Gasteiger partial charge on any atom is 0.263 e. The van der Waals surface area contributed by atoms with Crippen LogP contribution in [0, 0.1) is 11.7 Å². The molecule has 6 nitrogen and oxygen atoms in total. The molecule has 2 aliphatic rings. The van der Waals surface area contributed by atoms with Gasteiger partial charge in [0.2, 0.25) is 0 Å². The standard InChI is InChI=1S/C21H30FN5O/c1-3-4-18(26-9-7-14(2)23-8-10-26)20-25-19-17(11-16(22)12-24-19)21(28)27(20)13-15-5-6-15/h11-12,14-15,18,23H,3-10,13H2,1-2H3/t14-,18-/m0/s1. The monoisotopic (exact) mass is 387 g/mol. The van der Waals surface area contributed by atoms with Crippen molar-refractivity contribution in [2.24, 2.45) is 5.92 Å². The van der Waals surface area contributed by atoms with E-state index in [2.05, 4.69) is 29.0 Å². The van der Waals surface area contributed by atoms with Crippen molar-refractivity contribution >= 4 is 11.0 Å². The van der Waals surface area contributed by atoms with Gasteiger partial charge >= 0.3 is 0 Å². The largest absolute Gasteiger partial charge is 0.313 e. The van der Waals surface area contributed by atoms with E-state index in [0.717, 1.165) is 63.8 Å². The Balaban J connectivity index is 1.80. The molecule has 3 heterocycles. The summed E-state index contributed by atoms with van der Waals surface area (Å²) in [6.45, 7) is 7.91. The minimum atomic E-state index is -0.491. The van der Waals surface area contributed by atoms with Gasteiger partial charge in [-0.1, -0.05) is 13.3 Å². The lowest BCUT2D eigenvalue weighted by Gasteiger charge is -2.31. The summed E-state index contributed by atoms with van der Waals surface area (Å²) >= 11 is 0. The molecule has 0 bridgehead atoms. The zero-order valence-corrected chi connectivity index (χ0v) is 16.8. The number of aromatic nitrogens is 3. The lowest BCUT2D eigenvalue weighted by atomic mass is 10.1. The number of pyridine rings is 1. The summed E-state index contributed by atoms with van der Waals surface area (Å²) in [7, 11) is 0. The Bertz CT molecular complexity index is 894. The summed E-state index contributed by atoms with van der Waals surface area (Å²) < 4.78 is 15.5. The molecule has 4 rings (SSSR count). The third-order valence-corrected chi connectivity index (χ3v) is 5.99. The van der Waals surface area contributed by atoms with Gasteiger partial charge in [-0.25, -0.2) is 14.4 Å². The van der Waals surface area contributed by atoms with E-state index in [9.17, 15) is 9.18 Å². The summed E-state index contributed by atoms with van der Waals surface area (Å²) in [6.07, 6.45) is 6.47. The normalized spacial score (nSPS) is 22.3. The maximum atomic E-state index is 13.7. The van der Waals surface area contributed by atoms with E-state index in [0.29, 0.717) is 24.2 Å². The van der Waals surface area contributed by atoms with E-state index < -0.39 is 5.82 Å². The van der Waals surface area contributed by atoms with Gasteiger partial charge in [0.15, 0.2) is 5.65 Å². The zero-order valence-electron chi connectivity index (χ0n) is 16.8. The highest BCUT2D eigenvalue weighted by molar-refractivity contribution is 5.73. The van der Waals surface area contributed by atoms with Crippen molar-refractivity contribution in [3.8, 4) is 0 Å². The predicted octanol–water partition coefficient (Wildman–Crippen LogP) is 2.87. The Hall–Kier alpha value is -1.86. The Morgan fingerprint density at radius 1 is 1.32 bits per heavy atom. The molecule has 0 radical (unpaired) electrons. The van der Waals surface area contributed by atoms with E-state index in [4.69, 9.17) is 4.98 Å². The molecule has 2 fully saturated rings. The summed E-state index contributed by atoms with van der Waals surface area (Å²) in [4.78, 5) is 24.7. The molecule has 2 atom stereocenters. The van der Waals surface area contributed by atoms with Crippen molar-refractivity contribution in [3.05, 3.63) is 34.3 Å². The number of nitrogens with zero attached hydrogens (tertiary/aromatic N) is 4. The van der Waals surface area contributed by atoms with Crippen molar-refractivity contribution in [1.82, 2.24) is 24.8 Å². The van der Waals surface area contributed by atoms with Crippen LogP contribution in [0.2, 0.25) is 0 Å². The molecule has 0 unspecified atom stereocenters. The summed E-state index contributed by atoms with van der Waals surface area (Å²) in [5.74, 6) is 0.847.